The number of anilines is 2. The van der Waals surface area contributed by atoms with Gasteiger partial charge >= 0.3 is 0 Å². The Morgan fingerprint density at radius 2 is 2.13 bits per heavy atom. The Balaban J connectivity index is 1.72. The summed E-state index contributed by atoms with van der Waals surface area (Å²) in [6.07, 6.45) is 4.80. The predicted octanol–water partition coefficient (Wildman–Crippen LogP) is 3.67. The molecule has 0 saturated carbocycles. The number of aryl methyl sites for hydroxylation is 1. The maximum absolute atomic E-state index is 14.4. The maximum Gasteiger partial charge on any atom is 0.255 e. The van der Waals surface area contributed by atoms with Crippen LogP contribution in [0.3, 0.4) is 0 Å². The summed E-state index contributed by atoms with van der Waals surface area (Å²) in [4.78, 5) is 25.7. The molecule has 1 aliphatic rings. The van der Waals surface area contributed by atoms with E-state index in [1.807, 2.05) is 0 Å². The topological polar surface area (TPSA) is 100 Å². The second-order valence-electron chi connectivity index (χ2n) is 7.40. The van der Waals surface area contributed by atoms with Crippen molar-refractivity contribution in [2.75, 3.05) is 11.9 Å². The van der Waals surface area contributed by atoms with E-state index in [0.717, 1.165) is 30.5 Å². The number of hydrogen-bond donors (Lipinski definition) is 3. The Labute approximate surface area is 183 Å². The lowest BCUT2D eigenvalue weighted by Gasteiger charge is -2.15. The van der Waals surface area contributed by atoms with Crippen LogP contribution in [0.5, 0.6) is 0 Å². The van der Waals surface area contributed by atoms with Crippen molar-refractivity contribution >= 4 is 29.0 Å². The van der Waals surface area contributed by atoms with Crippen LogP contribution in [0.1, 0.15) is 35.0 Å². The number of nitrogens with zero attached hydrogens (tertiary/aromatic N) is 3. The van der Waals surface area contributed by atoms with Crippen LogP contribution < -0.4 is 10.6 Å². The van der Waals surface area contributed by atoms with Crippen molar-refractivity contribution in [3.8, 4) is 11.4 Å². The average Bonchev–Trinajstić information content (AvgIpc) is 3.23. The third-order valence-corrected chi connectivity index (χ3v) is 5.21. The van der Waals surface area contributed by atoms with Gasteiger partial charge in [-0.05, 0) is 50.5 Å². The number of aliphatic hydroxyl groups excluding tert-OH is 1. The SMILES string of the molecule is C[C@@H](O)CNC(=O)c1cnccc1Nc1nc(-c2cc(Cl)ccc2F)nc2c1CCC2. The summed E-state index contributed by atoms with van der Waals surface area (Å²) in [5.74, 6) is -0.0799. The van der Waals surface area contributed by atoms with E-state index in [-0.39, 0.29) is 23.8 Å². The van der Waals surface area contributed by atoms with Gasteiger partial charge in [0.25, 0.3) is 5.91 Å². The third-order valence-electron chi connectivity index (χ3n) is 4.98. The highest BCUT2D eigenvalue weighted by Crippen LogP contribution is 2.33. The molecule has 1 atom stereocenters. The van der Waals surface area contributed by atoms with Gasteiger partial charge in [-0.25, -0.2) is 14.4 Å². The minimum Gasteiger partial charge on any atom is -0.392 e. The summed E-state index contributed by atoms with van der Waals surface area (Å²) in [6, 6.07) is 5.93. The molecule has 0 fully saturated rings. The molecule has 0 unspecified atom stereocenters. The first-order valence-electron chi connectivity index (χ1n) is 9.95. The van der Waals surface area contributed by atoms with Gasteiger partial charge in [-0.1, -0.05) is 11.6 Å². The first-order valence-corrected chi connectivity index (χ1v) is 10.3. The molecule has 1 aromatic carbocycles. The molecule has 1 aliphatic carbocycles. The number of carbonyl (C=O) groups excluding carboxylic acids is 1. The normalized spacial score (nSPS) is 13.5. The summed E-state index contributed by atoms with van der Waals surface area (Å²) in [5, 5.41) is 15.7. The number of hydrogen-bond acceptors (Lipinski definition) is 6. The highest BCUT2D eigenvalue weighted by molar-refractivity contribution is 6.30. The molecule has 31 heavy (non-hydrogen) atoms. The third kappa shape index (κ3) is 4.65. The van der Waals surface area contributed by atoms with Crippen LogP contribution in [0, 0.1) is 5.82 Å². The van der Waals surface area contributed by atoms with Crippen LogP contribution in [-0.2, 0) is 12.8 Å². The van der Waals surface area contributed by atoms with Crippen molar-refractivity contribution in [3.05, 3.63) is 64.3 Å². The molecular formula is C22H21ClFN5O2. The number of fused-ring (bicyclic) bond motifs is 1. The molecular weight excluding hydrogens is 421 g/mol. The van der Waals surface area contributed by atoms with Crippen LogP contribution in [0.4, 0.5) is 15.9 Å². The quantitative estimate of drug-likeness (QED) is 0.539. The molecule has 1 amide bonds. The van der Waals surface area contributed by atoms with Gasteiger partial charge in [0.05, 0.1) is 22.9 Å². The molecule has 2 heterocycles. The van der Waals surface area contributed by atoms with Crippen molar-refractivity contribution in [1.82, 2.24) is 20.3 Å². The summed E-state index contributed by atoms with van der Waals surface area (Å²) < 4.78 is 14.4. The predicted molar refractivity (Wildman–Crippen MR) is 116 cm³/mol. The van der Waals surface area contributed by atoms with E-state index < -0.39 is 11.9 Å². The second kappa shape index (κ2) is 8.95. The van der Waals surface area contributed by atoms with Crippen LogP contribution in [0.25, 0.3) is 11.4 Å². The van der Waals surface area contributed by atoms with Gasteiger partial charge in [0.1, 0.15) is 11.6 Å². The highest BCUT2D eigenvalue weighted by Gasteiger charge is 2.22. The van der Waals surface area contributed by atoms with Crippen LogP contribution in [0.15, 0.2) is 36.7 Å². The van der Waals surface area contributed by atoms with Crippen molar-refractivity contribution in [1.29, 1.82) is 0 Å². The zero-order valence-corrected chi connectivity index (χ0v) is 17.6. The average molecular weight is 442 g/mol. The number of benzene rings is 1. The molecule has 0 radical (unpaired) electrons. The first-order chi connectivity index (χ1) is 14.9. The van der Waals surface area contributed by atoms with E-state index in [2.05, 4.69) is 25.6 Å². The Morgan fingerprint density at radius 1 is 1.29 bits per heavy atom. The fourth-order valence-electron chi connectivity index (χ4n) is 3.47. The molecule has 4 rings (SSSR count). The Kier molecular flexibility index (Phi) is 6.11. The molecule has 3 N–H and O–H groups in total. The van der Waals surface area contributed by atoms with Crippen LogP contribution in [-0.4, -0.2) is 38.6 Å². The standard InChI is InChI=1S/C22H21ClFN5O2/c1-12(30)10-26-22(31)16-11-25-8-7-19(16)28-20-14-3-2-4-18(14)27-21(29-20)15-9-13(23)5-6-17(15)24/h5-9,11-12,30H,2-4,10H2,1H3,(H,26,31)(H,25,27,28,29)/t12-/m1/s1. The zero-order chi connectivity index (χ0) is 22.0. The van der Waals surface area contributed by atoms with Gasteiger partial charge in [0, 0.05) is 35.2 Å². The first kappa shape index (κ1) is 21.1. The number of aromatic nitrogens is 3. The molecule has 0 bridgehead atoms. The minimum absolute atomic E-state index is 0.119. The monoisotopic (exact) mass is 441 g/mol. The van der Waals surface area contributed by atoms with E-state index >= 15 is 0 Å². The van der Waals surface area contributed by atoms with Crippen molar-refractivity contribution in [2.24, 2.45) is 0 Å². The summed E-state index contributed by atoms with van der Waals surface area (Å²) in [7, 11) is 0. The zero-order valence-electron chi connectivity index (χ0n) is 16.8. The van der Waals surface area contributed by atoms with Gasteiger partial charge in [-0.15, -0.1) is 0 Å². The van der Waals surface area contributed by atoms with Gasteiger partial charge in [-0.2, -0.15) is 0 Å². The lowest BCUT2D eigenvalue weighted by atomic mass is 10.1. The lowest BCUT2D eigenvalue weighted by Crippen LogP contribution is -2.31. The second-order valence-corrected chi connectivity index (χ2v) is 7.84. The van der Waals surface area contributed by atoms with Crippen LogP contribution >= 0.6 is 11.6 Å². The van der Waals surface area contributed by atoms with Gasteiger partial charge in [0.15, 0.2) is 5.82 Å². The van der Waals surface area contributed by atoms with Gasteiger partial charge < -0.3 is 15.7 Å². The molecule has 3 aromatic rings. The summed E-state index contributed by atoms with van der Waals surface area (Å²) >= 11 is 6.05. The fourth-order valence-corrected chi connectivity index (χ4v) is 3.64. The largest absolute Gasteiger partial charge is 0.392 e. The fraction of sp³-hybridized carbons (Fsp3) is 0.273. The number of carbonyl (C=O) groups is 1. The van der Waals surface area contributed by atoms with E-state index in [9.17, 15) is 14.3 Å². The smallest absolute Gasteiger partial charge is 0.255 e. The maximum atomic E-state index is 14.4. The van der Waals surface area contributed by atoms with Crippen LogP contribution in [0.2, 0.25) is 5.02 Å². The molecule has 160 valence electrons. The number of aliphatic hydroxyl groups is 1. The number of amides is 1. The summed E-state index contributed by atoms with van der Waals surface area (Å²) in [5.41, 5.74) is 2.82. The van der Waals surface area contributed by atoms with Crippen molar-refractivity contribution < 1.29 is 14.3 Å². The summed E-state index contributed by atoms with van der Waals surface area (Å²) in [6.45, 7) is 1.71. The number of rotatable bonds is 6. The van der Waals surface area contributed by atoms with E-state index in [4.69, 9.17) is 11.6 Å². The van der Waals surface area contributed by atoms with Crippen molar-refractivity contribution in [2.45, 2.75) is 32.3 Å². The lowest BCUT2D eigenvalue weighted by molar-refractivity contribution is 0.0924. The van der Waals surface area contributed by atoms with E-state index in [1.54, 1.807) is 19.2 Å². The molecule has 7 nitrogen and oxygen atoms in total. The molecule has 0 spiro atoms. The number of pyridine rings is 1. The van der Waals surface area contributed by atoms with E-state index in [0.29, 0.717) is 22.1 Å². The number of halogens is 2. The molecule has 0 aliphatic heterocycles. The van der Waals surface area contributed by atoms with E-state index in [1.165, 1.54) is 24.4 Å². The minimum atomic E-state index is -0.669. The van der Waals surface area contributed by atoms with Gasteiger partial charge in [0.2, 0.25) is 0 Å². The Bertz CT molecular complexity index is 1140. The van der Waals surface area contributed by atoms with Gasteiger partial charge in [-0.3, -0.25) is 9.78 Å². The Morgan fingerprint density at radius 3 is 2.94 bits per heavy atom. The molecule has 2 aromatic heterocycles. The molecule has 0 saturated heterocycles. The highest BCUT2D eigenvalue weighted by atomic mass is 35.5. The van der Waals surface area contributed by atoms with Crippen molar-refractivity contribution in [3.63, 3.8) is 0 Å². The Hall–Kier alpha value is -3.10. The number of nitrogens with one attached hydrogen (secondary N) is 2. The molecule has 9 heteroatoms.